The molecule has 0 amide bonds. The highest BCUT2D eigenvalue weighted by atomic mass is 14.2. The van der Waals surface area contributed by atoms with Crippen molar-refractivity contribution < 1.29 is 0 Å². The predicted octanol–water partition coefficient (Wildman–Crippen LogP) is 4.12. The quantitative estimate of drug-likeness (QED) is 0.640. The zero-order valence-electron chi connectivity index (χ0n) is 10.2. The summed E-state index contributed by atoms with van der Waals surface area (Å²) in [7, 11) is 0. The molecule has 1 aliphatic carbocycles. The van der Waals surface area contributed by atoms with E-state index < -0.39 is 0 Å². The van der Waals surface area contributed by atoms with Crippen molar-refractivity contribution in [2.75, 3.05) is 0 Å². The number of hydrogen-bond acceptors (Lipinski definition) is 0. The Morgan fingerprint density at radius 1 is 1.20 bits per heavy atom. The van der Waals surface area contributed by atoms with E-state index >= 15 is 0 Å². The number of hydrogen-bond donors (Lipinski definition) is 0. The molecule has 0 aromatic heterocycles. The molecule has 15 heavy (non-hydrogen) atoms. The summed E-state index contributed by atoms with van der Waals surface area (Å²) in [5.41, 5.74) is 6.24. The van der Waals surface area contributed by atoms with E-state index in [0.717, 1.165) is 12.8 Å². The Bertz CT molecular complexity index is 403. The van der Waals surface area contributed by atoms with Gasteiger partial charge in [-0.15, -0.1) is 0 Å². The summed E-state index contributed by atoms with van der Waals surface area (Å²) in [6.45, 7) is 9.11. The van der Waals surface area contributed by atoms with Crippen molar-refractivity contribution in [1.82, 2.24) is 0 Å². The van der Waals surface area contributed by atoms with Crippen molar-refractivity contribution in [2.45, 2.75) is 46.0 Å². The second kappa shape index (κ2) is 3.52. The van der Waals surface area contributed by atoms with Gasteiger partial charge in [-0.05, 0) is 40.5 Å². The molecule has 0 fully saturated rings. The van der Waals surface area contributed by atoms with E-state index in [4.69, 9.17) is 0 Å². The van der Waals surface area contributed by atoms with E-state index in [9.17, 15) is 0 Å². The molecule has 0 aliphatic heterocycles. The van der Waals surface area contributed by atoms with Crippen LogP contribution in [-0.2, 0) is 18.3 Å². The average molecular weight is 200 g/mol. The Morgan fingerprint density at radius 2 is 1.93 bits per heavy atom. The summed E-state index contributed by atoms with van der Waals surface area (Å²) >= 11 is 0. The fraction of sp³-hybridized carbons (Fsp3) is 0.467. The summed E-state index contributed by atoms with van der Waals surface area (Å²) in [5, 5.41) is 0. The van der Waals surface area contributed by atoms with Crippen LogP contribution < -0.4 is 0 Å². The number of allylic oxidation sites excluding steroid dienone is 1. The molecule has 80 valence electrons. The molecule has 1 aromatic rings. The van der Waals surface area contributed by atoms with Gasteiger partial charge in [0.25, 0.3) is 0 Å². The van der Waals surface area contributed by atoms with Gasteiger partial charge in [0.1, 0.15) is 0 Å². The third-order valence-electron chi connectivity index (χ3n) is 3.22. The maximum absolute atomic E-state index is 2.38. The minimum Gasteiger partial charge on any atom is -0.0795 e. The number of aryl methyl sites for hydroxylation is 1. The number of rotatable bonds is 1. The van der Waals surface area contributed by atoms with Crippen LogP contribution in [0.25, 0.3) is 6.08 Å². The molecule has 0 heterocycles. The lowest BCUT2D eigenvalue weighted by Gasteiger charge is -2.22. The SMILES string of the molecule is CCc1cc(C(C)(C)C)cc2c1C=CC2. The fourth-order valence-electron chi connectivity index (χ4n) is 2.19. The van der Waals surface area contributed by atoms with Crippen LogP contribution in [0.4, 0.5) is 0 Å². The van der Waals surface area contributed by atoms with E-state index in [1.165, 1.54) is 22.3 Å². The van der Waals surface area contributed by atoms with Gasteiger partial charge in [-0.1, -0.05) is 52.0 Å². The minimum absolute atomic E-state index is 0.265. The Balaban J connectivity index is 2.56. The Kier molecular flexibility index (Phi) is 2.46. The van der Waals surface area contributed by atoms with Gasteiger partial charge in [-0.2, -0.15) is 0 Å². The van der Waals surface area contributed by atoms with Crippen molar-refractivity contribution >= 4 is 6.08 Å². The first-order valence-electron chi connectivity index (χ1n) is 5.85. The molecule has 2 rings (SSSR count). The monoisotopic (exact) mass is 200 g/mol. The van der Waals surface area contributed by atoms with E-state index in [-0.39, 0.29) is 5.41 Å². The van der Waals surface area contributed by atoms with E-state index in [0.29, 0.717) is 0 Å². The Labute approximate surface area is 93.0 Å². The first kappa shape index (κ1) is 10.5. The number of benzene rings is 1. The Hall–Kier alpha value is -1.04. The average Bonchev–Trinajstić information content (AvgIpc) is 2.62. The van der Waals surface area contributed by atoms with Gasteiger partial charge in [0.2, 0.25) is 0 Å². The summed E-state index contributed by atoms with van der Waals surface area (Å²) in [6.07, 6.45) is 6.81. The third-order valence-corrected chi connectivity index (χ3v) is 3.22. The maximum atomic E-state index is 2.38. The van der Waals surface area contributed by atoms with Crippen LogP contribution in [0.3, 0.4) is 0 Å². The molecule has 0 heteroatoms. The molecule has 1 aromatic carbocycles. The van der Waals surface area contributed by atoms with Crippen LogP contribution in [0.1, 0.15) is 49.9 Å². The van der Waals surface area contributed by atoms with Crippen molar-refractivity contribution in [3.63, 3.8) is 0 Å². The molecule has 0 unspecified atom stereocenters. The molecule has 0 saturated carbocycles. The lowest BCUT2D eigenvalue weighted by molar-refractivity contribution is 0.588. The highest BCUT2D eigenvalue weighted by molar-refractivity contribution is 5.64. The fourth-order valence-corrected chi connectivity index (χ4v) is 2.19. The van der Waals surface area contributed by atoms with E-state index in [2.05, 4.69) is 52.0 Å². The minimum atomic E-state index is 0.265. The van der Waals surface area contributed by atoms with Crippen LogP contribution in [0, 0.1) is 0 Å². The molecule has 1 aliphatic rings. The molecular weight excluding hydrogens is 180 g/mol. The lowest BCUT2D eigenvalue weighted by Crippen LogP contribution is -2.12. The Morgan fingerprint density at radius 3 is 2.53 bits per heavy atom. The third kappa shape index (κ3) is 1.86. The molecule has 0 spiro atoms. The van der Waals surface area contributed by atoms with Crippen LogP contribution in [-0.4, -0.2) is 0 Å². The molecular formula is C15H20. The van der Waals surface area contributed by atoms with Crippen molar-refractivity contribution in [3.8, 4) is 0 Å². The van der Waals surface area contributed by atoms with E-state index in [1.54, 1.807) is 0 Å². The lowest BCUT2D eigenvalue weighted by atomic mass is 9.83. The van der Waals surface area contributed by atoms with Gasteiger partial charge < -0.3 is 0 Å². The highest BCUT2D eigenvalue weighted by Gasteiger charge is 2.18. The normalized spacial score (nSPS) is 14.4. The van der Waals surface area contributed by atoms with Crippen LogP contribution in [0.5, 0.6) is 0 Å². The first-order chi connectivity index (χ1) is 7.02. The van der Waals surface area contributed by atoms with Crippen molar-refractivity contribution in [1.29, 1.82) is 0 Å². The van der Waals surface area contributed by atoms with Gasteiger partial charge >= 0.3 is 0 Å². The summed E-state index contributed by atoms with van der Waals surface area (Å²) in [4.78, 5) is 0. The van der Waals surface area contributed by atoms with Crippen LogP contribution in [0.15, 0.2) is 18.2 Å². The largest absolute Gasteiger partial charge is 0.0795 e. The second-order valence-electron chi connectivity index (χ2n) is 5.42. The zero-order valence-corrected chi connectivity index (χ0v) is 10.2. The second-order valence-corrected chi connectivity index (χ2v) is 5.42. The predicted molar refractivity (Wildman–Crippen MR) is 67.3 cm³/mol. The molecule has 0 nitrogen and oxygen atoms in total. The zero-order chi connectivity index (χ0) is 11.1. The van der Waals surface area contributed by atoms with Crippen LogP contribution >= 0.6 is 0 Å². The van der Waals surface area contributed by atoms with Gasteiger partial charge in [0.15, 0.2) is 0 Å². The summed E-state index contributed by atoms with van der Waals surface area (Å²) in [6, 6.07) is 4.77. The van der Waals surface area contributed by atoms with Crippen LogP contribution in [0.2, 0.25) is 0 Å². The highest BCUT2D eigenvalue weighted by Crippen LogP contribution is 2.31. The standard InChI is InChI=1S/C15H20/c1-5-11-9-13(15(2,3)4)10-12-7-6-8-14(11)12/h6,8-10H,5,7H2,1-4H3. The number of fused-ring (bicyclic) bond motifs is 1. The summed E-state index contributed by atoms with van der Waals surface area (Å²) in [5.74, 6) is 0. The van der Waals surface area contributed by atoms with E-state index in [1.807, 2.05) is 0 Å². The van der Waals surface area contributed by atoms with Gasteiger partial charge in [0, 0.05) is 0 Å². The van der Waals surface area contributed by atoms with Crippen molar-refractivity contribution in [2.24, 2.45) is 0 Å². The maximum Gasteiger partial charge on any atom is -0.00880 e. The molecule has 0 saturated heterocycles. The van der Waals surface area contributed by atoms with Crippen molar-refractivity contribution in [3.05, 3.63) is 40.5 Å². The smallest absolute Gasteiger partial charge is 0.00880 e. The topological polar surface area (TPSA) is 0 Å². The summed E-state index contributed by atoms with van der Waals surface area (Å²) < 4.78 is 0. The molecule has 0 bridgehead atoms. The van der Waals surface area contributed by atoms with Gasteiger partial charge in [-0.3, -0.25) is 0 Å². The molecule has 0 atom stereocenters. The van der Waals surface area contributed by atoms with Gasteiger partial charge in [-0.25, -0.2) is 0 Å². The molecule has 0 radical (unpaired) electrons. The first-order valence-corrected chi connectivity index (χ1v) is 5.85. The molecule has 0 N–H and O–H groups in total. The van der Waals surface area contributed by atoms with Gasteiger partial charge in [0.05, 0.1) is 0 Å².